The van der Waals surface area contributed by atoms with Crippen molar-refractivity contribution < 1.29 is 13.6 Å². The van der Waals surface area contributed by atoms with Crippen molar-refractivity contribution in [1.29, 1.82) is 0 Å². The van der Waals surface area contributed by atoms with Gasteiger partial charge in [-0.1, -0.05) is 0 Å². The van der Waals surface area contributed by atoms with Crippen LogP contribution in [0.25, 0.3) is 10.9 Å². The van der Waals surface area contributed by atoms with Gasteiger partial charge in [-0.05, 0) is 0 Å². The number of nitrogens with one attached hydrogen (secondary N) is 1. The summed E-state index contributed by atoms with van der Waals surface area (Å²) < 4.78 is 26.2. The quantitative estimate of drug-likeness (QED) is 0.681. The number of benzene rings is 1. The largest absolute Gasteiger partial charge is 0.298 e. The molecule has 0 radical (unpaired) electrons. The van der Waals surface area contributed by atoms with Crippen LogP contribution in [-0.2, 0) is 0 Å². The fraction of sp³-hybridized carbons (Fsp3) is 0. The van der Waals surface area contributed by atoms with E-state index in [9.17, 15) is 13.6 Å². The van der Waals surface area contributed by atoms with Gasteiger partial charge in [0.05, 0.1) is 22.7 Å². The third-order valence-corrected chi connectivity index (χ3v) is 1.79. The second-order valence-corrected chi connectivity index (χ2v) is 2.54. The molecular formula is C8H4F2N2O. The number of H-pyrrole nitrogens is 1. The van der Waals surface area contributed by atoms with Crippen LogP contribution in [0.1, 0.15) is 10.4 Å². The molecule has 1 aromatic carbocycles. The number of halogens is 2. The summed E-state index contributed by atoms with van der Waals surface area (Å²) >= 11 is 0. The first-order valence-corrected chi connectivity index (χ1v) is 3.50. The average Bonchev–Trinajstić information content (AvgIpc) is 2.53. The monoisotopic (exact) mass is 182 g/mol. The lowest BCUT2D eigenvalue weighted by molar-refractivity contribution is 0.111. The van der Waals surface area contributed by atoms with Gasteiger partial charge in [-0.2, -0.15) is 5.10 Å². The van der Waals surface area contributed by atoms with E-state index in [1.807, 2.05) is 0 Å². The minimum Gasteiger partial charge on any atom is -0.298 e. The molecule has 2 aromatic rings. The third kappa shape index (κ3) is 1.00. The predicted molar refractivity (Wildman–Crippen MR) is 41.4 cm³/mol. The maximum Gasteiger partial charge on any atom is 0.155 e. The van der Waals surface area contributed by atoms with Crippen LogP contribution in [0.5, 0.6) is 0 Å². The zero-order valence-electron chi connectivity index (χ0n) is 6.34. The topological polar surface area (TPSA) is 45.8 Å². The standard InChI is InChI=1S/C8H4F2N2O/c9-6-1-7-4(2-11-12-7)8(10)5(6)3-13/h1-3H,(H,11,12). The molecule has 0 bridgehead atoms. The molecular weight excluding hydrogens is 178 g/mol. The number of aromatic nitrogens is 2. The molecule has 66 valence electrons. The Labute approximate surface area is 71.4 Å². The van der Waals surface area contributed by atoms with Crippen molar-refractivity contribution in [3.63, 3.8) is 0 Å². The maximum atomic E-state index is 13.2. The molecule has 2 rings (SSSR count). The molecule has 0 aliphatic rings. The molecule has 0 aliphatic carbocycles. The summed E-state index contributed by atoms with van der Waals surface area (Å²) in [4.78, 5) is 10.3. The van der Waals surface area contributed by atoms with Crippen LogP contribution in [0, 0.1) is 11.6 Å². The number of nitrogens with zero attached hydrogens (tertiary/aromatic N) is 1. The SMILES string of the molecule is O=Cc1c(F)cc2[nH]ncc2c1F. The fourth-order valence-corrected chi connectivity index (χ4v) is 1.14. The van der Waals surface area contributed by atoms with Crippen LogP contribution in [0.4, 0.5) is 8.78 Å². The molecule has 1 heterocycles. The summed E-state index contributed by atoms with van der Waals surface area (Å²) in [6.45, 7) is 0. The van der Waals surface area contributed by atoms with Crippen molar-refractivity contribution >= 4 is 17.2 Å². The molecule has 0 saturated carbocycles. The predicted octanol–water partition coefficient (Wildman–Crippen LogP) is 1.65. The highest BCUT2D eigenvalue weighted by Gasteiger charge is 2.13. The molecule has 0 spiro atoms. The molecule has 5 heteroatoms. The van der Waals surface area contributed by atoms with Crippen LogP contribution in [0.2, 0.25) is 0 Å². The number of hydrogen-bond donors (Lipinski definition) is 1. The third-order valence-electron chi connectivity index (χ3n) is 1.79. The molecule has 1 N–H and O–H groups in total. The van der Waals surface area contributed by atoms with Crippen LogP contribution >= 0.6 is 0 Å². The van der Waals surface area contributed by atoms with Gasteiger partial charge < -0.3 is 0 Å². The Morgan fingerprint density at radius 3 is 2.92 bits per heavy atom. The van der Waals surface area contributed by atoms with Gasteiger partial charge in [-0.3, -0.25) is 9.89 Å². The highest BCUT2D eigenvalue weighted by Crippen LogP contribution is 2.20. The summed E-state index contributed by atoms with van der Waals surface area (Å²) in [6.07, 6.45) is 1.36. The highest BCUT2D eigenvalue weighted by molar-refractivity contribution is 5.87. The van der Waals surface area contributed by atoms with Gasteiger partial charge in [0.25, 0.3) is 0 Å². The van der Waals surface area contributed by atoms with Crippen LogP contribution in [0.3, 0.4) is 0 Å². The Morgan fingerprint density at radius 2 is 2.23 bits per heavy atom. The Bertz CT molecular complexity index is 478. The van der Waals surface area contributed by atoms with Crippen LogP contribution < -0.4 is 0 Å². The average molecular weight is 182 g/mol. The van der Waals surface area contributed by atoms with E-state index in [-0.39, 0.29) is 17.2 Å². The summed E-state index contributed by atoms with van der Waals surface area (Å²) in [6, 6.07) is 1.04. The Morgan fingerprint density at radius 1 is 1.46 bits per heavy atom. The first kappa shape index (κ1) is 7.85. The number of rotatable bonds is 1. The zero-order valence-corrected chi connectivity index (χ0v) is 6.34. The first-order chi connectivity index (χ1) is 6.24. The molecule has 13 heavy (non-hydrogen) atoms. The van der Waals surface area contributed by atoms with E-state index in [4.69, 9.17) is 0 Å². The summed E-state index contributed by atoms with van der Waals surface area (Å²) in [5, 5.41) is 6.05. The highest BCUT2D eigenvalue weighted by atomic mass is 19.1. The minimum absolute atomic E-state index is 0.114. The zero-order chi connectivity index (χ0) is 9.42. The lowest BCUT2D eigenvalue weighted by Gasteiger charge is -1.97. The van der Waals surface area contributed by atoms with Crippen LogP contribution in [-0.4, -0.2) is 16.5 Å². The van der Waals surface area contributed by atoms with Gasteiger partial charge in [-0.15, -0.1) is 0 Å². The molecule has 0 fully saturated rings. The van der Waals surface area contributed by atoms with Crippen molar-refractivity contribution in [2.24, 2.45) is 0 Å². The van der Waals surface area contributed by atoms with Crippen molar-refractivity contribution in [3.05, 3.63) is 29.5 Å². The number of aldehydes is 1. The van der Waals surface area contributed by atoms with Gasteiger partial charge >= 0.3 is 0 Å². The molecule has 0 saturated heterocycles. The Balaban J connectivity index is 2.92. The van der Waals surface area contributed by atoms with Crippen molar-refractivity contribution in [3.8, 4) is 0 Å². The minimum atomic E-state index is -0.885. The van der Waals surface area contributed by atoms with E-state index in [0.29, 0.717) is 0 Å². The number of hydrogen-bond acceptors (Lipinski definition) is 2. The summed E-state index contributed by atoms with van der Waals surface area (Å²) in [5.74, 6) is -1.76. The molecule has 0 aliphatic heterocycles. The number of fused-ring (bicyclic) bond motifs is 1. The van der Waals surface area contributed by atoms with Gasteiger partial charge in [0.2, 0.25) is 0 Å². The van der Waals surface area contributed by atoms with Gasteiger partial charge in [0, 0.05) is 6.07 Å². The lowest BCUT2D eigenvalue weighted by Crippen LogP contribution is -1.93. The van der Waals surface area contributed by atoms with E-state index in [1.54, 1.807) is 0 Å². The molecule has 0 atom stereocenters. The van der Waals surface area contributed by atoms with Gasteiger partial charge in [0.1, 0.15) is 11.6 Å². The van der Waals surface area contributed by atoms with E-state index >= 15 is 0 Å². The van der Waals surface area contributed by atoms with E-state index in [2.05, 4.69) is 10.2 Å². The van der Waals surface area contributed by atoms with Gasteiger partial charge in [-0.25, -0.2) is 8.78 Å². The number of carbonyl (C=O) groups is 1. The number of aromatic amines is 1. The maximum absolute atomic E-state index is 13.2. The van der Waals surface area contributed by atoms with Gasteiger partial charge in [0.15, 0.2) is 6.29 Å². The summed E-state index contributed by atoms with van der Waals surface area (Å²) in [7, 11) is 0. The van der Waals surface area contributed by atoms with Crippen LogP contribution in [0.15, 0.2) is 12.3 Å². The van der Waals surface area contributed by atoms with Crippen molar-refractivity contribution in [2.45, 2.75) is 0 Å². The van der Waals surface area contributed by atoms with E-state index in [0.717, 1.165) is 6.07 Å². The lowest BCUT2D eigenvalue weighted by atomic mass is 10.1. The first-order valence-electron chi connectivity index (χ1n) is 3.50. The Kier molecular flexibility index (Phi) is 1.58. The molecule has 0 amide bonds. The number of carbonyl (C=O) groups excluding carboxylic acids is 1. The molecule has 1 aromatic heterocycles. The van der Waals surface area contributed by atoms with E-state index < -0.39 is 17.2 Å². The molecule has 3 nitrogen and oxygen atoms in total. The normalized spacial score (nSPS) is 10.6. The Hall–Kier alpha value is -1.78. The van der Waals surface area contributed by atoms with Crippen molar-refractivity contribution in [2.75, 3.05) is 0 Å². The fourth-order valence-electron chi connectivity index (χ4n) is 1.14. The van der Waals surface area contributed by atoms with E-state index in [1.165, 1.54) is 6.20 Å². The second kappa shape index (κ2) is 2.62. The molecule has 0 unspecified atom stereocenters. The van der Waals surface area contributed by atoms with Crippen molar-refractivity contribution in [1.82, 2.24) is 10.2 Å². The smallest absolute Gasteiger partial charge is 0.155 e. The second-order valence-electron chi connectivity index (χ2n) is 2.54. The summed E-state index contributed by atoms with van der Waals surface area (Å²) in [5.41, 5.74) is -0.325.